The van der Waals surface area contributed by atoms with E-state index < -0.39 is 18.4 Å². The predicted octanol–water partition coefficient (Wildman–Crippen LogP) is 7.04. The molecule has 1 aromatic rings. The molecule has 1 heterocycles. The molecule has 2 N–H and O–H groups in total. The molecule has 2 atom stereocenters. The number of carbonyl (C=O) groups is 5. The second-order valence-electron chi connectivity index (χ2n) is 13.0. The Morgan fingerprint density at radius 1 is 1.04 bits per heavy atom. The molecule has 0 bridgehead atoms. The fraction of sp³-hybridized carbons (Fsp3) is 0.658. The van der Waals surface area contributed by atoms with Crippen LogP contribution in [0.2, 0.25) is 0 Å². The minimum absolute atomic E-state index is 0.0314. The molecule has 286 valence electrons. The first-order valence-corrected chi connectivity index (χ1v) is 19.5. The van der Waals surface area contributed by atoms with Crippen LogP contribution >= 0.6 is 11.8 Å². The number of nitrogens with one attached hydrogen (secondary N) is 1. The Kier molecular flexibility index (Phi) is 21.7. The van der Waals surface area contributed by atoms with Gasteiger partial charge in [0, 0.05) is 58.2 Å². The molecule has 0 spiro atoms. The molecule has 13 heteroatoms. The first kappa shape index (κ1) is 43.6. The number of aldehydes is 1. The molecular weight excluding hydrogens is 673 g/mol. The smallest absolute Gasteiger partial charge is 0.450 e. The third-order valence-electron chi connectivity index (χ3n) is 8.91. The van der Waals surface area contributed by atoms with Crippen molar-refractivity contribution in [3.8, 4) is 5.75 Å². The molecule has 1 aromatic carbocycles. The molecular formula is C38H60N4O8S. The fourth-order valence-corrected chi connectivity index (χ4v) is 7.16. The number of benzene rings is 1. The van der Waals surface area contributed by atoms with E-state index in [1.165, 1.54) is 11.3 Å². The Morgan fingerprint density at radius 2 is 1.73 bits per heavy atom. The van der Waals surface area contributed by atoms with Crippen LogP contribution in [0.4, 0.5) is 9.59 Å². The molecule has 0 saturated carbocycles. The van der Waals surface area contributed by atoms with Gasteiger partial charge in [0.1, 0.15) is 18.1 Å². The van der Waals surface area contributed by atoms with Crippen LogP contribution in [0.1, 0.15) is 108 Å². The Morgan fingerprint density at radius 3 is 2.37 bits per heavy atom. The summed E-state index contributed by atoms with van der Waals surface area (Å²) in [6.07, 6.45) is 9.15. The molecule has 0 radical (unpaired) electrons. The highest BCUT2D eigenvalue weighted by molar-refractivity contribution is 8.00. The third kappa shape index (κ3) is 17.0. The van der Waals surface area contributed by atoms with Gasteiger partial charge in [-0.3, -0.25) is 9.59 Å². The summed E-state index contributed by atoms with van der Waals surface area (Å²) < 4.78 is 10.6. The molecule has 3 amide bonds. The molecule has 1 saturated heterocycles. The maximum absolute atomic E-state index is 13.4. The monoisotopic (exact) mass is 732 g/mol. The summed E-state index contributed by atoms with van der Waals surface area (Å²) in [4.78, 5) is 65.4. The quantitative estimate of drug-likeness (QED) is 0.0549. The van der Waals surface area contributed by atoms with Gasteiger partial charge in [-0.05, 0) is 75.6 Å². The lowest BCUT2D eigenvalue weighted by atomic mass is 10.0. The lowest BCUT2D eigenvalue weighted by Crippen LogP contribution is -2.33. The van der Waals surface area contributed by atoms with Crippen LogP contribution in [0.25, 0.3) is 0 Å². The van der Waals surface area contributed by atoms with E-state index in [9.17, 15) is 29.1 Å². The van der Waals surface area contributed by atoms with Gasteiger partial charge in [0.2, 0.25) is 11.8 Å². The molecule has 2 rings (SSSR count). The first-order chi connectivity index (χ1) is 24.6. The van der Waals surface area contributed by atoms with E-state index >= 15 is 0 Å². The van der Waals surface area contributed by atoms with Gasteiger partial charge in [-0.1, -0.05) is 57.7 Å². The van der Waals surface area contributed by atoms with Crippen molar-refractivity contribution in [2.24, 2.45) is 0 Å². The van der Waals surface area contributed by atoms with Crippen molar-refractivity contribution < 1.29 is 38.6 Å². The van der Waals surface area contributed by atoms with E-state index in [1.54, 1.807) is 48.0 Å². The van der Waals surface area contributed by atoms with Gasteiger partial charge in [0.15, 0.2) is 0 Å². The standard InChI is InChI=1S/C38H60N4O8S/c1-5-6-7-8-10-24-41(25-11-9-12-28-51-34-29-36(45)42(30(34)2)26-15-27-43)35(44)17-13-16-33(50-38(47)48)31-18-20-32(21-19-31)49-37(46)40(4)23-14-22-39-3/h18-21,27,33-34,39H,2,5-17,22-26,28-29H2,1,3-4H3,(H,47,48). The van der Waals surface area contributed by atoms with Crippen LogP contribution in [-0.2, 0) is 19.1 Å². The Hall–Kier alpha value is -3.58. The number of thioether (sulfide) groups is 1. The van der Waals surface area contributed by atoms with Crippen molar-refractivity contribution in [2.45, 2.75) is 108 Å². The summed E-state index contributed by atoms with van der Waals surface area (Å²) in [7, 11) is 3.52. The van der Waals surface area contributed by atoms with Crippen LogP contribution in [0.5, 0.6) is 5.75 Å². The molecule has 51 heavy (non-hydrogen) atoms. The predicted molar refractivity (Wildman–Crippen MR) is 201 cm³/mol. The van der Waals surface area contributed by atoms with Crippen molar-refractivity contribution >= 4 is 42.1 Å². The van der Waals surface area contributed by atoms with Crippen molar-refractivity contribution in [3.05, 3.63) is 42.1 Å². The highest BCUT2D eigenvalue weighted by atomic mass is 32.2. The summed E-state index contributed by atoms with van der Waals surface area (Å²) in [6, 6.07) is 6.60. The normalized spacial score (nSPS) is 14.7. The number of ether oxygens (including phenoxy) is 2. The van der Waals surface area contributed by atoms with Gasteiger partial charge in [0.05, 0.1) is 5.25 Å². The maximum Gasteiger partial charge on any atom is 0.506 e. The van der Waals surface area contributed by atoms with Gasteiger partial charge >= 0.3 is 12.2 Å². The molecule has 1 fully saturated rings. The van der Waals surface area contributed by atoms with Crippen molar-refractivity contribution in [2.75, 3.05) is 52.6 Å². The number of amides is 3. The zero-order valence-electron chi connectivity index (χ0n) is 30.9. The number of hydrogen-bond donors (Lipinski definition) is 2. The van der Waals surface area contributed by atoms with E-state index in [4.69, 9.17) is 9.47 Å². The van der Waals surface area contributed by atoms with E-state index in [0.29, 0.717) is 63.2 Å². The average molecular weight is 733 g/mol. The lowest BCUT2D eigenvalue weighted by Gasteiger charge is -2.24. The fourth-order valence-electron chi connectivity index (χ4n) is 5.93. The van der Waals surface area contributed by atoms with Crippen molar-refractivity contribution in [1.29, 1.82) is 0 Å². The van der Waals surface area contributed by atoms with E-state index in [-0.39, 0.29) is 23.5 Å². The van der Waals surface area contributed by atoms with E-state index in [1.807, 2.05) is 11.9 Å². The molecule has 0 aromatic heterocycles. The molecule has 12 nitrogen and oxygen atoms in total. The van der Waals surface area contributed by atoms with Crippen LogP contribution in [-0.4, -0.2) is 108 Å². The Balaban J connectivity index is 1.86. The van der Waals surface area contributed by atoms with Gasteiger partial charge < -0.3 is 39.4 Å². The molecule has 1 aliphatic heterocycles. The highest BCUT2D eigenvalue weighted by Crippen LogP contribution is 2.32. The van der Waals surface area contributed by atoms with Crippen LogP contribution in [0, 0.1) is 0 Å². The van der Waals surface area contributed by atoms with Crippen LogP contribution in [0.15, 0.2) is 36.5 Å². The van der Waals surface area contributed by atoms with E-state index in [0.717, 1.165) is 75.6 Å². The minimum atomic E-state index is -1.39. The van der Waals surface area contributed by atoms with Crippen LogP contribution < -0.4 is 10.1 Å². The number of hydrogen-bond acceptors (Lipinski definition) is 9. The van der Waals surface area contributed by atoms with Gasteiger partial charge in [-0.2, -0.15) is 11.8 Å². The maximum atomic E-state index is 13.4. The minimum Gasteiger partial charge on any atom is -0.450 e. The summed E-state index contributed by atoms with van der Waals surface area (Å²) in [5.41, 5.74) is 1.41. The van der Waals surface area contributed by atoms with Gasteiger partial charge in [-0.25, -0.2) is 9.59 Å². The summed E-state index contributed by atoms with van der Waals surface area (Å²) >= 11 is 1.73. The molecule has 2 unspecified atom stereocenters. The van der Waals surface area contributed by atoms with Crippen LogP contribution in [0.3, 0.4) is 0 Å². The zero-order valence-corrected chi connectivity index (χ0v) is 31.8. The zero-order chi connectivity index (χ0) is 37.4. The largest absolute Gasteiger partial charge is 0.506 e. The number of rotatable bonds is 27. The number of carboxylic acid groups (broad SMARTS) is 1. The summed E-state index contributed by atoms with van der Waals surface area (Å²) in [6.45, 7) is 9.37. The lowest BCUT2D eigenvalue weighted by molar-refractivity contribution is -0.131. The number of nitrogens with zero attached hydrogens (tertiary/aromatic N) is 3. The van der Waals surface area contributed by atoms with E-state index in [2.05, 4.69) is 18.8 Å². The van der Waals surface area contributed by atoms with Gasteiger partial charge in [0.25, 0.3) is 0 Å². The summed E-state index contributed by atoms with van der Waals surface area (Å²) in [5.74, 6) is 1.33. The van der Waals surface area contributed by atoms with Crippen molar-refractivity contribution in [3.63, 3.8) is 0 Å². The Bertz CT molecular complexity index is 1230. The number of carbonyl (C=O) groups excluding carboxylic acids is 4. The first-order valence-electron chi connectivity index (χ1n) is 18.5. The second kappa shape index (κ2) is 25.4. The molecule has 1 aliphatic rings. The summed E-state index contributed by atoms with van der Waals surface area (Å²) in [5, 5.41) is 12.5. The molecule has 0 aliphatic carbocycles. The Labute approximate surface area is 308 Å². The number of likely N-dealkylation sites (tertiary alicyclic amines) is 1. The van der Waals surface area contributed by atoms with Gasteiger partial charge in [-0.15, -0.1) is 0 Å². The highest BCUT2D eigenvalue weighted by Gasteiger charge is 2.33. The SMILES string of the molecule is C=C1C(SCCCCCN(CCCCCCC)C(=O)CCCC(OC(=O)O)c2ccc(OC(=O)N(C)CCCNC)cc2)CC(=O)N1CCC=O. The average Bonchev–Trinajstić information content (AvgIpc) is 3.38. The topological polar surface area (TPSA) is 146 Å². The van der Waals surface area contributed by atoms with Crippen molar-refractivity contribution in [1.82, 2.24) is 20.0 Å². The second-order valence-corrected chi connectivity index (χ2v) is 14.3. The number of unbranched alkanes of at least 4 members (excludes halogenated alkanes) is 6. The third-order valence-corrected chi connectivity index (χ3v) is 10.3.